The van der Waals surface area contributed by atoms with Crippen molar-refractivity contribution in [3.63, 3.8) is 0 Å². The van der Waals surface area contributed by atoms with Crippen molar-refractivity contribution >= 4 is 26.9 Å². The summed E-state index contributed by atoms with van der Waals surface area (Å²) in [5.74, 6) is 1.54. The molecule has 0 amide bonds. The summed E-state index contributed by atoms with van der Waals surface area (Å²) in [5.41, 5.74) is 4.47. The van der Waals surface area contributed by atoms with E-state index < -0.39 is 10.0 Å². The molecule has 204 valence electrons. The van der Waals surface area contributed by atoms with Gasteiger partial charge in [-0.05, 0) is 36.6 Å². The molecule has 0 N–H and O–H groups in total. The van der Waals surface area contributed by atoms with Crippen LogP contribution in [0.2, 0.25) is 0 Å². The topological polar surface area (TPSA) is 84.2 Å². The fourth-order valence-corrected chi connectivity index (χ4v) is 6.86. The van der Waals surface area contributed by atoms with Gasteiger partial charge in [0, 0.05) is 32.6 Å². The number of nitrogens with zero attached hydrogens (tertiary/aromatic N) is 6. The van der Waals surface area contributed by atoms with Gasteiger partial charge in [-0.25, -0.2) is 23.1 Å². The van der Waals surface area contributed by atoms with Gasteiger partial charge in [0.05, 0.1) is 22.5 Å². The second-order valence-electron chi connectivity index (χ2n) is 10.1. The Kier molecular flexibility index (Phi) is 7.32. The smallest absolute Gasteiger partial charge is 0.218 e. The molecule has 9 heteroatoms. The van der Waals surface area contributed by atoms with Crippen LogP contribution in [0.1, 0.15) is 29.1 Å². The number of aromatic nitrogens is 4. The van der Waals surface area contributed by atoms with Crippen molar-refractivity contribution in [3.8, 4) is 5.69 Å². The van der Waals surface area contributed by atoms with Crippen molar-refractivity contribution < 1.29 is 8.42 Å². The monoisotopic (exact) mass is 552 g/mol. The molecule has 0 radical (unpaired) electrons. The molecule has 1 aliphatic rings. The van der Waals surface area contributed by atoms with Gasteiger partial charge in [0.1, 0.15) is 11.6 Å². The van der Waals surface area contributed by atoms with Crippen LogP contribution in [0.25, 0.3) is 16.7 Å². The first-order valence-corrected chi connectivity index (χ1v) is 15.2. The SMILES string of the molecule is Cc1nn(-c2ccccc2)c2nc(Cc3ccccc3)nc(N3CCCN(S(=O)(=O)Cc4ccccc4)CC3)c12. The molecule has 6 rings (SSSR count). The third kappa shape index (κ3) is 5.48. The minimum absolute atomic E-state index is 0.00969. The van der Waals surface area contributed by atoms with E-state index in [1.165, 1.54) is 0 Å². The van der Waals surface area contributed by atoms with Crippen LogP contribution in [0.5, 0.6) is 0 Å². The van der Waals surface area contributed by atoms with E-state index in [-0.39, 0.29) is 5.75 Å². The average molecular weight is 553 g/mol. The lowest BCUT2D eigenvalue weighted by atomic mass is 10.1. The van der Waals surface area contributed by atoms with E-state index in [4.69, 9.17) is 15.1 Å². The maximum atomic E-state index is 13.3. The number of hydrogen-bond donors (Lipinski definition) is 0. The first kappa shape index (κ1) is 26.2. The number of fused-ring (bicyclic) bond motifs is 1. The maximum absolute atomic E-state index is 13.3. The first-order valence-electron chi connectivity index (χ1n) is 13.6. The van der Waals surface area contributed by atoms with Crippen LogP contribution in [0.3, 0.4) is 0 Å². The fraction of sp³-hybridized carbons (Fsp3) is 0.258. The lowest BCUT2D eigenvalue weighted by Gasteiger charge is -2.24. The lowest BCUT2D eigenvalue weighted by molar-refractivity contribution is 0.432. The van der Waals surface area contributed by atoms with Crippen molar-refractivity contribution in [3.05, 3.63) is 114 Å². The zero-order valence-corrected chi connectivity index (χ0v) is 23.3. The molecule has 5 aromatic rings. The molecule has 3 aromatic carbocycles. The minimum Gasteiger partial charge on any atom is -0.355 e. The van der Waals surface area contributed by atoms with Gasteiger partial charge in [-0.1, -0.05) is 78.9 Å². The van der Waals surface area contributed by atoms with E-state index in [9.17, 15) is 8.42 Å². The summed E-state index contributed by atoms with van der Waals surface area (Å²) in [6.45, 7) is 4.12. The van der Waals surface area contributed by atoms with Crippen molar-refractivity contribution in [1.82, 2.24) is 24.1 Å². The van der Waals surface area contributed by atoms with Crippen molar-refractivity contribution in [2.45, 2.75) is 25.5 Å². The number of para-hydroxylation sites is 1. The van der Waals surface area contributed by atoms with E-state index in [1.54, 1.807) is 4.31 Å². The molecule has 3 heterocycles. The summed E-state index contributed by atoms with van der Waals surface area (Å²) in [6.07, 6.45) is 1.30. The highest BCUT2D eigenvalue weighted by molar-refractivity contribution is 7.88. The highest BCUT2D eigenvalue weighted by atomic mass is 32.2. The highest BCUT2D eigenvalue weighted by Gasteiger charge is 2.28. The van der Waals surface area contributed by atoms with Crippen LogP contribution in [-0.4, -0.2) is 58.7 Å². The number of hydrogen-bond acceptors (Lipinski definition) is 6. The van der Waals surface area contributed by atoms with Crippen LogP contribution in [0, 0.1) is 6.92 Å². The van der Waals surface area contributed by atoms with Crippen molar-refractivity contribution in [2.75, 3.05) is 31.1 Å². The van der Waals surface area contributed by atoms with Gasteiger partial charge >= 0.3 is 0 Å². The molecule has 1 aliphatic heterocycles. The summed E-state index contributed by atoms with van der Waals surface area (Å²) in [4.78, 5) is 12.3. The minimum atomic E-state index is -3.44. The molecule has 1 saturated heterocycles. The first-order chi connectivity index (χ1) is 19.5. The zero-order chi connectivity index (χ0) is 27.5. The Morgan fingerprint density at radius 3 is 2.10 bits per heavy atom. The molecule has 0 saturated carbocycles. The summed E-state index contributed by atoms with van der Waals surface area (Å²) in [7, 11) is -3.44. The van der Waals surface area contributed by atoms with E-state index in [2.05, 4.69) is 17.0 Å². The quantitative estimate of drug-likeness (QED) is 0.290. The predicted molar refractivity (Wildman–Crippen MR) is 158 cm³/mol. The van der Waals surface area contributed by atoms with Gasteiger partial charge in [-0.2, -0.15) is 9.40 Å². The maximum Gasteiger partial charge on any atom is 0.218 e. The van der Waals surface area contributed by atoms with Gasteiger partial charge < -0.3 is 4.90 Å². The fourth-order valence-electron chi connectivity index (χ4n) is 5.30. The largest absolute Gasteiger partial charge is 0.355 e. The summed E-state index contributed by atoms with van der Waals surface area (Å²) < 4.78 is 30.1. The van der Waals surface area contributed by atoms with Gasteiger partial charge in [0.15, 0.2) is 5.65 Å². The third-order valence-electron chi connectivity index (χ3n) is 7.28. The highest BCUT2D eigenvalue weighted by Crippen LogP contribution is 2.30. The number of benzene rings is 3. The van der Waals surface area contributed by atoms with Gasteiger partial charge in [0.2, 0.25) is 10.0 Å². The van der Waals surface area contributed by atoms with Crippen molar-refractivity contribution in [2.24, 2.45) is 0 Å². The number of sulfonamides is 1. The number of rotatable bonds is 7. The molecule has 0 spiro atoms. The molecule has 40 heavy (non-hydrogen) atoms. The molecule has 0 aliphatic carbocycles. The zero-order valence-electron chi connectivity index (χ0n) is 22.5. The number of anilines is 1. The number of aryl methyl sites for hydroxylation is 1. The normalized spacial score (nSPS) is 14.9. The van der Waals surface area contributed by atoms with E-state index in [0.29, 0.717) is 44.8 Å². The van der Waals surface area contributed by atoms with E-state index in [0.717, 1.165) is 39.4 Å². The van der Waals surface area contributed by atoms with E-state index in [1.807, 2.05) is 90.5 Å². The van der Waals surface area contributed by atoms with Crippen LogP contribution < -0.4 is 4.90 Å². The van der Waals surface area contributed by atoms with E-state index >= 15 is 0 Å². The molecule has 0 bridgehead atoms. The lowest BCUT2D eigenvalue weighted by Crippen LogP contribution is -2.36. The third-order valence-corrected chi connectivity index (χ3v) is 9.13. The molecular weight excluding hydrogens is 520 g/mol. The Morgan fingerprint density at radius 1 is 0.750 bits per heavy atom. The molecule has 8 nitrogen and oxygen atoms in total. The molecule has 2 aromatic heterocycles. The van der Waals surface area contributed by atoms with Crippen molar-refractivity contribution in [1.29, 1.82) is 0 Å². The molecule has 1 fully saturated rings. The van der Waals surface area contributed by atoms with Crippen LogP contribution in [0.4, 0.5) is 5.82 Å². The molecule has 0 unspecified atom stereocenters. The summed E-state index contributed by atoms with van der Waals surface area (Å²) >= 11 is 0. The Labute approximate surface area is 235 Å². The van der Waals surface area contributed by atoms with Gasteiger partial charge in [-0.3, -0.25) is 0 Å². The molecule has 0 atom stereocenters. The molecular formula is C31H32N6O2S. The van der Waals surface area contributed by atoms with Crippen LogP contribution in [0.15, 0.2) is 91.0 Å². The second kappa shape index (κ2) is 11.2. The second-order valence-corrected chi connectivity index (χ2v) is 12.1. The average Bonchev–Trinajstić information content (AvgIpc) is 3.12. The predicted octanol–water partition coefficient (Wildman–Crippen LogP) is 4.76. The van der Waals surface area contributed by atoms with Gasteiger partial charge in [0.25, 0.3) is 0 Å². The van der Waals surface area contributed by atoms with Crippen LogP contribution >= 0.6 is 0 Å². The standard InChI is InChI=1S/C31H32N6O2S/c1-24-29-30(35-18-11-19-36(21-20-35)40(38,39)23-26-14-7-3-8-15-26)32-28(22-25-12-5-2-6-13-25)33-31(29)37(34-24)27-16-9-4-10-17-27/h2-10,12-17H,11,18-23H2,1H3. The Morgan fingerprint density at radius 2 is 1.40 bits per heavy atom. The Hall–Kier alpha value is -4.08. The Balaban J connectivity index is 1.36. The van der Waals surface area contributed by atoms with Gasteiger partial charge in [-0.15, -0.1) is 0 Å². The summed E-state index contributed by atoms with van der Waals surface area (Å²) in [5, 5.41) is 5.77. The Bertz CT molecular complexity index is 1710. The summed E-state index contributed by atoms with van der Waals surface area (Å²) in [6, 6.07) is 29.6. The van der Waals surface area contributed by atoms with Crippen LogP contribution in [-0.2, 0) is 22.2 Å².